The molecule has 40 heavy (non-hydrogen) atoms. The predicted octanol–water partition coefficient (Wildman–Crippen LogP) is 10.7. The van der Waals surface area contributed by atoms with Gasteiger partial charge in [0.1, 0.15) is 11.5 Å². The van der Waals surface area contributed by atoms with Gasteiger partial charge in [0.2, 0.25) is 0 Å². The van der Waals surface area contributed by atoms with E-state index in [1.807, 2.05) is 24.3 Å². The van der Waals surface area contributed by atoms with Gasteiger partial charge in [-0.25, -0.2) is 0 Å². The molecule has 0 aliphatic carbocycles. The van der Waals surface area contributed by atoms with E-state index in [-0.39, 0.29) is 11.9 Å². The molecule has 2 atom stereocenters. The summed E-state index contributed by atoms with van der Waals surface area (Å²) in [4.78, 5) is 24.5. The highest BCUT2D eigenvalue weighted by atomic mass is 16.5. The van der Waals surface area contributed by atoms with Crippen molar-refractivity contribution in [3.8, 4) is 11.5 Å². The quantitative estimate of drug-likeness (QED) is 0.0881. The first-order valence-electron chi connectivity index (χ1n) is 16.1. The lowest BCUT2D eigenvalue weighted by atomic mass is 9.78. The summed E-state index contributed by atoms with van der Waals surface area (Å²) in [5, 5.41) is 0. The van der Waals surface area contributed by atoms with Crippen LogP contribution in [0.5, 0.6) is 11.5 Å². The van der Waals surface area contributed by atoms with Crippen LogP contribution in [0.4, 0.5) is 0 Å². The van der Waals surface area contributed by atoms with Crippen LogP contribution in [0.15, 0.2) is 48.5 Å². The van der Waals surface area contributed by atoms with Gasteiger partial charge in [0.05, 0.1) is 0 Å². The Balaban J connectivity index is 1.87. The Labute approximate surface area is 244 Å². The van der Waals surface area contributed by atoms with E-state index in [9.17, 15) is 9.59 Å². The van der Waals surface area contributed by atoms with Gasteiger partial charge in [-0.15, -0.1) is 0 Å². The summed E-state index contributed by atoms with van der Waals surface area (Å²) in [5.74, 6) is 1.64. The van der Waals surface area contributed by atoms with Gasteiger partial charge < -0.3 is 9.47 Å². The number of rotatable bonds is 21. The lowest BCUT2D eigenvalue weighted by Crippen LogP contribution is -2.11. The van der Waals surface area contributed by atoms with Crippen LogP contribution in [0.3, 0.4) is 0 Å². The van der Waals surface area contributed by atoms with E-state index in [1.54, 1.807) is 0 Å². The fraction of sp³-hybridized carbons (Fsp3) is 0.611. The molecule has 0 bridgehead atoms. The van der Waals surface area contributed by atoms with Crippen LogP contribution in [-0.2, 0) is 9.59 Å². The standard InChI is InChI=1S/C36H54O4/c1-5-9-11-13-15-17-19-35(37)39-31-25-21-29(22-26-31)33(7-3)34(8-4)30-23-27-32(28-24-30)40-36(38)20-18-16-14-12-10-6-2/h21-28,33-34H,5-20H2,1-4H3. The number of ether oxygens (including phenoxy) is 2. The van der Waals surface area contributed by atoms with Crippen molar-refractivity contribution < 1.29 is 19.1 Å². The molecule has 0 amide bonds. The third kappa shape index (κ3) is 12.7. The summed E-state index contributed by atoms with van der Waals surface area (Å²) < 4.78 is 11.2. The first kappa shape index (κ1) is 33.6. The van der Waals surface area contributed by atoms with Crippen molar-refractivity contribution in [2.24, 2.45) is 0 Å². The molecule has 0 N–H and O–H groups in total. The molecule has 222 valence electrons. The summed E-state index contributed by atoms with van der Waals surface area (Å²) in [6, 6.07) is 16.1. The van der Waals surface area contributed by atoms with E-state index in [2.05, 4.69) is 52.0 Å². The zero-order chi connectivity index (χ0) is 29.0. The molecule has 0 radical (unpaired) electrons. The average Bonchev–Trinajstić information content (AvgIpc) is 2.96. The largest absolute Gasteiger partial charge is 0.427 e. The second-order valence-electron chi connectivity index (χ2n) is 11.2. The Bertz CT molecular complexity index is 868. The Morgan fingerprint density at radius 3 is 1.15 bits per heavy atom. The van der Waals surface area contributed by atoms with E-state index in [1.165, 1.54) is 62.5 Å². The lowest BCUT2D eigenvalue weighted by molar-refractivity contribution is -0.135. The minimum absolute atomic E-state index is 0.144. The second-order valence-corrected chi connectivity index (χ2v) is 11.2. The molecule has 0 saturated carbocycles. The number of hydrogen-bond donors (Lipinski definition) is 0. The summed E-state index contributed by atoms with van der Waals surface area (Å²) in [5.41, 5.74) is 2.50. The summed E-state index contributed by atoms with van der Waals surface area (Å²) in [6.45, 7) is 8.87. The van der Waals surface area contributed by atoms with E-state index in [0.717, 1.165) is 38.5 Å². The molecule has 2 rings (SSSR count). The number of unbranched alkanes of at least 4 members (excludes halogenated alkanes) is 10. The van der Waals surface area contributed by atoms with Gasteiger partial charge in [0.15, 0.2) is 0 Å². The Morgan fingerprint density at radius 1 is 0.500 bits per heavy atom. The maximum atomic E-state index is 12.3. The summed E-state index contributed by atoms with van der Waals surface area (Å²) in [7, 11) is 0. The zero-order valence-corrected chi connectivity index (χ0v) is 25.7. The maximum absolute atomic E-state index is 12.3. The van der Waals surface area contributed by atoms with Gasteiger partial charge in [-0.3, -0.25) is 9.59 Å². The van der Waals surface area contributed by atoms with Gasteiger partial charge >= 0.3 is 11.9 Å². The third-order valence-corrected chi connectivity index (χ3v) is 7.91. The van der Waals surface area contributed by atoms with Crippen LogP contribution >= 0.6 is 0 Å². The molecule has 0 spiro atoms. The van der Waals surface area contributed by atoms with Gasteiger partial charge in [0, 0.05) is 12.8 Å². The molecule has 4 nitrogen and oxygen atoms in total. The molecule has 0 aliphatic heterocycles. The van der Waals surface area contributed by atoms with E-state index in [4.69, 9.17) is 9.47 Å². The van der Waals surface area contributed by atoms with Crippen LogP contribution in [0.25, 0.3) is 0 Å². The maximum Gasteiger partial charge on any atom is 0.311 e. The molecule has 2 aromatic rings. The molecular weight excluding hydrogens is 496 g/mol. The van der Waals surface area contributed by atoms with Crippen molar-refractivity contribution in [3.05, 3.63) is 59.7 Å². The zero-order valence-electron chi connectivity index (χ0n) is 25.7. The van der Waals surface area contributed by atoms with Crippen molar-refractivity contribution >= 4 is 11.9 Å². The van der Waals surface area contributed by atoms with Crippen molar-refractivity contribution in [2.75, 3.05) is 0 Å². The SMILES string of the molecule is CCCCCCCCC(=O)Oc1ccc(C(CC)C(CC)c2ccc(OC(=O)CCCCCCCC)cc2)cc1. The summed E-state index contributed by atoms with van der Waals surface area (Å²) in [6.07, 6.45) is 16.8. The van der Waals surface area contributed by atoms with E-state index in [0.29, 0.717) is 36.2 Å². The van der Waals surface area contributed by atoms with E-state index < -0.39 is 0 Å². The average molecular weight is 551 g/mol. The van der Waals surface area contributed by atoms with Gasteiger partial charge in [0.25, 0.3) is 0 Å². The Morgan fingerprint density at radius 2 is 0.825 bits per heavy atom. The number of carbonyl (C=O) groups excluding carboxylic acids is 2. The normalized spacial score (nSPS) is 12.6. The monoisotopic (exact) mass is 550 g/mol. The topological polar surface area (TPSA) is 52.6 Å². The molecule has 0 heterocycles. The molecule has 4 heteroatoms. The van der Waals surface area contributed by atoms with Crippen LogP contribution < -0.4 is 9.47 Å². The molecule has 2 unspecified atom stereocenters. The molecular formula is C36H54O4. The van der Waals surface area contributed by atoms with Crippen LogP contribution in [-0.4, -0.2) is 11.9 Å². The predicted molar refractivity (Wildman–Crippen MR) is 166 cm³/mol. The molecule has 0 fully saturated rings. The first-order valence-corrected chi connectivity index (χ1v) is 16.1. The minimum atomic E-state index is -0.144. The van der Waals surface area contributed by atoms with Crippen molar-refractivity contribution in [1.82, 2.24) is 0 Å². The number of carbonyl (C=O) groups is 2. The van der Waals surface area contributed by atoms with E-state index >= 15 is 0 Å². The lowest BCUT2D eigenvalue weighted by Gasteiger charge is -2.26. The highest BCUT2D eigenvalue weighted by molar-refractivity contribution is 5.72. The molecule has 2 aromatic carbocycles. The van der Waals surface area contributed by atoms with Gasteiger partial charge in [-0.1, -0.05) is 116 Å². The molecule has 0 aromatic heterocycles. The van der Waals surface area contributed by atoms with Gasteiger partial charge in [-0.2, -0.15) is 0 Å². The smallest absolute Gasteiger partial charge is 0.311 e. The molecule has 0 saturated heterocycles. The van der Waals surface area contributed by atoms with Crippen molar-refractivity contribution in [3.63, 3.8) is 0 Å². The Hall–Kier alpha value is -2.62. The number of hydrogen-bond acceptors (Lipinski definition) is 4. The molecule has 0 aliphatic rings. The Kier molecular flexibility index (Phi) is 17.0. The number of esters is 2. The fourth-order valence-corrected chi connectivity index (χ4v) is 5.54. The number of benzene rings is 2. The van der Waals surface area contributed by atoms with Gasteiger partial charge in [-0.05, 0) is 72.9 Å². The highest BCUT2D eigenvalue weighted by Gasteiger charge is 2.22. The first-order chi connectivity index (χ1) is 19.5. The minimum Gasteiger partial charge on any atom is -0.427 e. The third-order valence-electron chi connectivity index (χ3n) is 7.91. The fourth-order valence-electron chi connectivity index (χ4n) is 5.54. The highest BCUT2D eigenvalue weighted by Crippen LogP contribution is 2.39. The van der Waals surface area contributed by atoms with Crippen LogP contribution in [0.2, 0.25) is 0 Å². The van der Waals surface area contributed by atoms with Crippen LogP contribution in [0.1, 0.15) is 153 Å². The van der Waals surface area contributed by atoms with Crippen molar-refractivity contribution in [2.45, 2.75) is 142 Å². The summed E-state index contributed by atoms with van der Waals surface area (Å²) >= 11 is 0. The van der Waals surface area contributed by atoms with Crippen molar-refractivity contribution in [1.29, 1.82) is 0 Å². The van der Waals surface area contributed by atoms with Crippen LogP contribution in [0, 0.1) is 0 Å². The second kappa shape index (κ2) is 20.3.